The quantitative estimate of drug-likeness (QED) is 0.496. The molecule has 0 atom stereocenters. The zero-order valence-electron chi connectivity index (χ0n) is 7.73. The molecule has 94 valence electrons. The van der Waals surface area contributed by atoms with Crippen LogP contribution in [0.5, 0.6) is 0 Å². The second kappa shape index (κ2) is 4.70. The van der Waals surface area contributed by atoms with Crippen LogP contribution in [-0.4, -0.2) is 16.1 Å². The van der Waals surface area contributed by atoms with E-state index in [0.29, 0.717) is 6.07 Å². The number of hydrogen-bond acceptors (Lipinski definition) is 2. The summed E-state index contributed by atoms with van der Waals surface area (Å²) >= 11 is 1.31. The van der Waals surface area contributed by atoms with Gasteiger partial charge in [0.05, 0.1) is 11.1 Å². The van der Waals surface area contributed by atoms with Crippen LogP contribution in [0.1, 0.15) is 28.0 Å². The summed E-state index contributed by atoms with van der Waals surface area (Å²) in [7, 11) is 0. The Morgan fingerprint density at radius 3 is 2.29 bits per heavy atom. The average Bonchev–Trinajstić information content (AvgIpc) is 2.14. The molecule has 17 heavy (non-hydrogen) atoms. The number of carboxylic acids is 1. The number of carbonyl (C=O) groups is 1. The Balaban J connectivity index is 3.64. The lowest BCUT2D eigenvalue weighted by Gasteiger charge is -2.13. The molecule has 0 fully saturated rings. The summed E-state index contributed by atoms with van der Waals surface area (Å²) in [4.78, 5) is 13.8. The molecule has 0 amide bonds. The highest BCUT2D eigenvalue weighted by Crippen LogP contribution is 2.36. The largest absolute Gasteiger partial charge is 0.478 e. The predicted octanol–water partition coefficient (Wildman–Crippen LogP) is 3.34. The molecule has 1 rings (SSSR count). The van der Waals surface area contributed by atoms with E-state index in [1.54, 1.807) is 0 Å². The van der Waals surface area contributed by atoms with E-state index >= 15 is 0 Å². The van der Waals surface area contributed by atoms with E-state index in [2.05, 4.69) is 4.98 Å². The molecule has 9 heteroatoms. The summed E-state index contributed by atoms with van der Waals surface area (Å²) in [6, 6.07) is 0.413. The minimum Gasteiger partial charge on any atom is -0.478 e. The average molecular weight is 367 g/mol. The first kappa shape index (κ1) is 14.1. The number of aromatic nitrogens is 1. The summed E-state index contributed by atoms with van der Waals surface area (Å²) < 4.78 is 62.0. The van der Waals surface area contributed by atoms with Gasteiger partial charge in [0.2, 0.25) is 0 Å². The van der Waals surface area contributed by atoms with Crippen LogP contribution in [0.2, 0.25) is 0 Å². The maximum atomic E-state index is 12.5. The van der Waals surface area contributed by atoms with Gasteiger partial charge < -0.3 is 5.11 Å². The first-order chi connectivity index (χ1) is 7.64. The van der Waals surface area contributed by atoms with Gasteiger partial charge in [-0.05, 0) is 28.7 Å². The lowest BCUT2D eigenvalue weighted by atomic mass is 10.1. The van der Waals surface area contributed by atoms with Crippen molar-refractivity contribution >= 4 is 28.6 Å². The number of nitrogens with zero attached hydrogens (tertiary/aromatic N) is 1. The molecule has 0 saturated heterocycles. The van der Waals surface area contributed by atoms with Crippen LogP contribution in [0.3, 0.4) is 0 Å². The fraction of sp³-hybridized carbons (Fsp3) is 0.250. The molecule has 0 saturated carbocycles. The zero-order chi connectivity index (χ0) is 13.4. The van der Waals surface area contributed by atoms with Gasteiger partial charge in [-0.15, -0.1) is 0 Å². The molecule has 1 aromatic rings. The van der Waals surface area contributed by atoms with Crippen LogP contribution in [0.25, 0.3) is 0 Å². The zero-order valence-corrected chi connectivity index (χ0v) is 9.88. The van der Waals surface area contributed by atoms with Gasteiger partial charge in [0.15, 0.2) is 0 Å². The maximum Gasteiger partial charge on any atom is 0.417 e. The van der Waals surface area contributed by atoms with Crippen molar-refractivity contribution in [1.82, 2.24) is 4.98 Å². The standard InChI is InChI=1S/C8H3F5INO2/c9-6(10)5-4(7(16)17)2(8(11,12)13)1-3(14)15-5/h1,6H,(H,16,17). The van der Waals surface area contributed by atoms with Gasteiger partial charge >= 0.3 is 12.1 Å². The topological polar surface area (TPSA) is 50.2 Å². The van der Waals surface area contributed by atoms with Crippen LogP contribution < -0.4 is 0 Å². The third-order valence-electron chi connectivity index (χ3n) is 1.74. The van der Waals surface area contributed by atoms with Crippen LogP contribution in [0.15, 0.2) is 6.07 Å². The van der Waals surface area contributed by atoms with Crippen LogP contribution in [0.4, 0.5) is 22.0 Å². The molecule has 3 nitrogen and oxygen atoms in total. The van der Waals surface area contributed by atoms with E-state index in [4.69, 9.17) is 5.11 Å². The summed E-state index contributed by atoms with van der Waals surface area (Å²) in [6.07, 6.45) is -8.42. The van der Waals surface area contributed by atoms with E-state index in [1.165, 1.54) is 22.6 Å². The third kappa shape index (κ3) is 3.01. The Morgan fingerprint density at radius 1 is 1.41 bits per heavy atom. The van der Waals surface area contributed by atoms with Crippen LogP contribution >= 0.6 is 22.6 Å². The minimum absolute atomic E-state index is 0.352. The van der Waals surface area contributed by atoms with Crippen molar-refractivity contribution in [1.29, 1.82) is 0 Å². The Bertz CT molecular complexity index is 460. The molecule has 0 spiro atoms. The number of halogens is 6. The van der Waals surface area contributed by atoms with Crippen molar-refractivity contribution in [3.8, 4) is 0 Å². The first-order valence-electron chi connectivity index (χ1n) is 3.93. The number of hydrogen-bond donors (Lipinski definition) is 1. The molecule has 0 aromatic carbocycles. The SMILES string of the molecule is O=C(O)c1c(C(F)(F)F)cc(I)nc1C(F)F. The minimum atomic E-state index is -5.03. The van der Waals surface area contributed by atoms with E-state index in [9.17, 15) is 26.7 Å². The second-order valence-corrected chi connectivity index (χ2v) is 3.96. The van der Waals surface area contributed by atoms with E-state index in [-0.39, 0.29) is 3.70 Å². The Kier molecular flexibility index (Phi) is 3.89. The van der Waals surface area contributed by atoms with Gasteiger partial charge in [-0.25, -0.2) is 18.6 Å². The van der Waals surface area contributed by atoms with Crippen molar-refractivity contribution in [2.24, 2.45) is 0 Å². The molecular formula is C8H3F5INO2. The molecule has 1 N–H and O–H groups in total. The van der Waals surface area contributed by atoms with Crippen molar-refractivity contribution in [2.75, 3.05) is 0 Å². The van der Waals surface area contributed by atoms with Crippen molar-refractivity contribution in [3.63, 3.8) is 0 Å². The first-order valence-corrected chi connectivity index (χ1v) is 5.01. The van der Waals surface area contributed by atoms with Gasteiger partial charge in [0.1, 0.15) is 9.39 Å². The van der Waals surface area contributed by atoms with Crippen LogP contribution in [0, 0.1) is 3.70 Å². The van der Waals surface area contributed by atoms with Gasteiger partial charge in [0.25, 0.3) is 6.43 Å². The summed E-state index contributed by atoms with van der Waals surface area (Å²) in [5.41, 5.74) is -4.51. The summed E-state index contributed by atoms with van der Waals surface area (Å²) in [6.45, 7) is 0. The van der Waals surface area contributed by atoms with E-state index < -0.39 is 35.4 Å². The third-order valence-corrected chi connectivity index (χ3v) is 2.29. The maximum absolute atomic E-state index is 12.5. The van der Waals surface area contributed by atoms with Crippen molar-refractivity contribution in [3.05, 3.63) is 26.6 Å². The molecular weight excluding hydrogens is 364 g/mol. The van der Waals surface area contributed by atoms with Gasteiger partial charge in [-0.3, -0.25) is 0 Å². The molecule has 0 aliphatic carbocycles. The second-order valence-electron chi connectivity index (χ2n) is 2.86. The summed E-state index contributed by atoms with van der Waals surface area (Å²) in [5, 5.41) is 8.57. The molecule has 0 aliphatic rings. The lowest BCUT2D eigenvalue weighted by molar-refractivity contribution is -0.138. The van der Waals surface area contributed by atoms with Gasteiger partial charge in [-0.2, -0.15) is 13.2 Å². The normalized spacial score (nSPS) is 11.9. The molecule has 0 bridgehead atoms. The Labute approximate surface area is 105 Å². The molecule has 0 unspecified atom stereocenters. The molecule has 0 aliphatic heterocycles. The smallest absolute Gasteiger partial charge is 0.417 e. The number of carboxylic acid groups (broad SMARTS) is 1. The summed E-state index contributed by atoms with van der Waals surface area (Å²) in [5.74, 6) is -2.09. The molecule has 0 radical (unpaired) electrons. The highest BCUT2D eigenvalue weighted by molar-refractivity contribution is 14.1. The monoisotopic (exact) mass is 367 g/mol. The number of alkyl halides is 5. The van der Waals surface area contributed by atoms with E-state index in [1.807, 2.05) is 0 Å². The molecule has 1 aromatic heterocycles. The highest BCUT2D eigenvalue weighted by Gasteiger charge is 2.39. The molecule has 1 heterocycles. The number of aromatic carboxylic acids is 1. The fourth-order valence-electron chi connectivity index (χ4n) is 1.14. The van der Waals surface area contributed by atoms with Crippen molar-refractivity contribution < 1.29 is 31.9 Å². The van der Waals surface area contributed by atoms with Gasteiger partial charge in [-0.1, -0.05) is 0 Å². The lowest BCUT2D eigenvalue weighted by Crippen LogP contribution is -2.17. The highest BCUT2D eigenvalue weighted by atomic mass is 127. The Morgan fingerprint density at radius 2 is 1.94 bits per heavy atom. The fourth-order valence-corrected chi connectivity index (χ4v) is 1.71. The van der Waals surface area contributed by atoms with Gasteiger partial charge in [0, 0.05) is 0 Å². The number of rotatable bonds is 2. The van der Waals surface area contributed by atoms with E-state index in [0.717, 1.165) is 0 Å². The number of pyridine rings is 1. The predicted molar refractivity (Wildman–Crippen MR) is 53.9 cm³/mol. The van der Waals surface area contributed by atoms with Crippen LogP contribution in [-0.2, 0) is 6.18 Å². The van der Waals surface area contributed by atoms with Crippen molar-refractivity contribution in [2.45, 2.75) is 12.6 Å². The Hall–Kier alpha value is -1.00.